The largest absolute Gasteiger partial charge is 0.481 e. The van der Waals surface area contributed by atoms with Crippen LogP contribution in [-0.4, -0.2) is 16.1 Å². The molecule has 0 aliphatic rings. The molecule has 1 N–H and O–H groups in total. The van der Waals surface area contributed by atoms with Gasteiger partial charge in [-0.2, -0.15) is 0 Å². The number of rotatable bonds is 10. The molecule has 0 spiro atoms. The summed E-state index contributed by atoms with van der Waals surface area (Å²) in [6, 6.07) is 3.06. The number of carboxylic acids is 1. The fraction of sp³-hybridized carbons (Fsp3) is 0.600. The van der Waals surface area contributed by atoms with E-state index in [-0.39, 0.29) is 12.2 Å². The van der Waals surface area contributed by atoms with Crippen LogP contribution in [-0.2, 0) is 11.2 Å². The molecule has 0 unspecified atom stereocenters. The molecule has 1 aromatic rings. The molecule has 0 atom stereocenters. The molecule has 3 nitrogen and oxygen atoms in total. The van der Waals surface area contributed by atoms with E-state index in [9.17, 15) is 9.18 Å². The highest BCUT2D eigenvalue weighted by atomic mass is 19.1. The van der Waals surface area contributed by atoms with E-state index in [2.05, 4.69) is 4.98 Å². The van der Waals surface area contributed by atoms with Crippen molar-refractivity contribution in [3.8, 4) is 0 Å². The van der Waals surface area contributed by atoms with Crippen LogP contribution < -0.4 is 0 Å². The van der Waals surface area contributed by atoms with E-state index in [0.717, 1.165) is 44.9 Å². The Labute approximate surface area is 113 Å². The van der Waals surface area contributed by atoms with E-state index in [4.69, 9.17) is 5.11 Å². The number of aromatic nitrogens is 1. The van der Waals surface area contributed by atoms with E-state index in [1.165, 1.54) is 6.07 Å². The molecule has 0 amide bonds. The second-order valence-electron chi connectivity index (χ2n) is 4.80. The number of aliphatic carboxylic acids is 1. The van der Waals surface area contributed by atoms with Crippen molar-refractivity contribution >= 4 is 5.97 Å². The van der Waals surface area contributed by atoms with Gasteiger partial charge in [0, 0.05) is 12.6 Å². The summed E-state index contributed by atoms with van der Waals surface area (Å²) in [7, 11) is 0. The maximum atomic E-state index is 13.3. The molecule has 0 fully saturated rings. The molecule has 0 aromatic carbocycles. The van der Waals surface area contributed by atoms with Gasteiger partial charge in [0.2, 0.25) is 0 Å². The van der Waals surface area contributed by atoms with Gasteiger partial charge in [0.25, 0.3) is 0 Å². The van der Waals surface area contributed by atoms with E-state index >= 15 is 0 Å². The lowest BCUT2D eigenvalue weighted by Crippen LogP contribution is -1.95. The van der Waals surface area contributed by atoms with Crippen molar-refractivity contribution in [2.24, 2.45) is 0 Å². The van der Waals surface area contributed by atoms with Crippen LogP contribution in [0.3, 0.4) is 0 Å². The molecule has 0 bridgehead atoms. The molecule has 4 heteroatoms. The van der Waals surface area contributed by atoms with Crippen molar-refractivity contribution < 1.29 is 14.3 Å². The normalized spacial score (nSPS) is 10.6. The molecule has 0 saturated heterocycles. The summed E-state index contributed by atoms with van der Waals surface area (Å²) in [6.07, 6.45) is 9.75. The minimum Gasteiger partial charge on any atom is -0.481 e. The third-order valence-corrected chi connectivity index (χ3v) is 3.14. The smallest absolute Gasteiger partial charge is 0.303 e. The number of carbonyl (C=O) groups is 1. The topological polar surface area (TPSA) is 50.2 Å². The highest BCUT2D eigenvalue weighted by molar-refractivity contribution is 5.66. The second-order valence-corrected chi connectivity index (χ2v) is 4.80. The third kappa shape index (κ3) is 7.54. The maximum Gasteiger partial charge on any atom is 0.303 e. The first-order chi connectivity index (χ1) is 9.20. The monoisotopic (exact) mass is 267 g/mol. The number of halogens is 1. The van der Waals surface area contributed by atoms with E-state index < -0.39 is 5.97 Å². The number of aryl methyl sites for hydroxylation is 1. The van der Waals surface area contributed by atoms with Crippen molar-refractivity contribution in [2.45, 2.75) is 57.8 Å². The minimum absolute atomic E-state index is 0.212. The van der Waals surface area contributed by atoms with Crippen molar-refractivity contribution in [1.29, 1.82) is 0 Å². The molecule has 0 aliphatic carbocycles. The first-order valence-electron chi connectivity index (χ1n) is 7.01. The van der Waals surface area contributed by atoms with Crippen LogP contribution >= 0.6 is 0 Å². The molecule has 1 aromatic heterocycles. The lowest BCUT2D eigenvalue weighted by Gasteiger charge is -2.02. The van der Waals surface area contributed by atoms with Crippen LogP contribution in [0.5, 0.6) is 0 Å². The number of hydrogen-bond acceptors (Lipinski definition) is 2. The van der Waals surface area contributed by atoms with Crippen LogP contribution in [0, 0.1) is 5.82 Å². The Bertz CT molecular complexity index is 382. The molecule has 1 heterocycles. The Morgan fingerprint density at radius 3 is 2.37 bits per heavy atom. The standard InChI is InChI=1S/C15H22FNO2/c16-13-9-8-12-17-14(13)10-6-4-2-1-3-5-7-11-15(18)19/h8-9,12H,1-7,10-11H2,(H,18,19). The molecule has 0 radical (unpaired) electrons. The number of pyridine rings is 1. The lowest BCUT2D eigenvalue weighted by atomic mass is 10.1. The predicted molar refractivity (Wildman–Crippen MR) is 72.5 cm³/mol. The van der Waals surface area contributed by atoms with Crippen LogP contribution in [0.1, 0.15) is 57.1 Å². The Hall–Kier alpha value is -1.45. The first-order valence-corrected chi connectivity index (χ1v) is 7.01. The predicted octanol–water partition coefficient (Wildman–Crippen LogP) is 3.97. The Morgan fingerprint density at radius 2 is 1.74 bits per heavy atom. The number of nitrogens with zero attached hydrogens (tertiary/aromatic N) is 1. The van der Waals surface area contributed by atoms with Gasteiger partial charge in [-0.3, -0.25) is 9.78 Å². The van der Waals surface area contributed by atoms with Crippen molar-refractivity contribution in [3.05, 3.63) is 29.8 Å². The van der Waals surface area contributed by atoms with Gasteiger partial charge in [-0.25, -0.2) is 4.39 Å². The highest BCUT2D eigenvalue weighted by Gasteiger charge is 2.01. The zero-order chi connectivity index (χ0) is 13.9. The summed E-state index contributed by atoms with van der Waals surface area (Å²) in [6.45, 7) is 0. The number of hydrogen-bond donors (Lipinski definition) is 1. The van der Waals surface area contributed by atoms with Crippen LogP contribution in [0.15, 0.2) is 18.3 Å². The molecule has 1 rings (SSSR count). The minimum atomic E-state index is -0.711. The fourth-order valence-electron chi connectivity index (χ4n) is 2.05. The lowest BCUT2D eigenvalue weighted by molar-refractivity contribution is -0.137. The first kappa shape index (κ1) is 15.6. The van der Waals surface area contributed by atoms with Gasteiger partial charge in [0.1, 0.15) is 5.82 Å². The molecule has 106 valence electrons. The van der Waals surface area contributed by atoms with Crippen molar-refractivity contribution in [1.82, 2.24) is 4.98 Å². The zero-order valence-corrected chi connectivity index (χ0v) is 11.3. The summed E-state index contributed by atoms with van der Waals surface area (Å²) in [4.78, 5) is 14.3. The molecule has 19 heavy (non-hydrogen) atoms. The third-order valence-electron chi connectivity index (χ3n) is 3.14. The van der Waals surface area contributed by atoms with Crippen LogP contribution in [0.4, 0.5) is 4.39 Å². The summed E-state index contributed by atoms with van der Waals surface area (Å²) in [5, 5.41) is 8.48. The van der Waals surface area contributed by atoms with Gasteiger partial charge in [0.05, 0.1) is 5.69 Å². The Kier molecular flexibility index (Phi) is 7.78. The van der Waals surface area contributed by atoms with Crippen LogP contribution in [0.25, 0.3) is 0 Å². The Balaban J connectivity index is 1.94. The summed E-state index contributed by atoms with van der Waals surface area (Å²) >= 11 is 0. The molecular formula is C15H22FNO2. The fourth-order valence-corrected chi connectivity index (χ4v) is 2.05. The van der Waals surface area contributed by atoms with E-state index in [0.29, 0.717) is 12.1 Å². The van der Waals surface area contributed by atoms with Gasteiger partial charge in [-0.05, 0) is 31.4 Å². The van der Waals surface area contributed by atoms with Crippen LogP contribution in [0.2, 0.25) is 0 Å². The van der Waals surface area contributed by atoms with Crippen molar-refractivity contribution in [2.75, 3.05) is 0 Å². The zero-order valence-electron chi connectivity index (χ0n) is 11.3. The van der Waals surface area contributed by atoms with Crippen molar-refractivity contribution in [3.63, 3.8) is 0 Å². The van der Waals surface area contributed by atoms with Gasteiger partial charge in [-0.1, -0.05) is 32.1 Å². The number of carboxylic acid groups (broad SMARTS) is 1. The second kappa shape index (κ2) is 9.48. The van der Waals surface area contributed by atoms with Gasteiger partial charge >= 0.3 is 5.97 Å². The Morgan fingerprint density at radius 1 is 1.11 bits per heavy atom. The number of unbranched alkanes of at least 4 members (excludes halogenated alkanes) is 6. The maximum absolute atomic E-state index is 13.3. The summed E-state index contributed by atoms with van der Waals surface area (Å²) in [5.74, 6) is -0.923. The SMILES string of the molecule is O=C(O)CCCCCCCCCc1ncccc1F. The summed E-state index contributed by atoms with van der Waals surface area (Å²) < 4.78 is 13.3. The molecule has 0 saturated carbocycles. The molecule has 0 aliphatic heterocycles. The molecular weight excluding hydrogens is 245 g/mol. The quantitative estimate of drug-likeness (QED) is 0.652. The van der Waals surface area contributed by atoms with Gasteiger partial charge in [-0.15, -0.1) is 0 Å². The van der Waals surface area contributed by atoms with E-state index in [1.807, 2.05) is 0 Å². The highest BCUT2D eigenvalue weighted by Crippen LogP contribution is 2.11. The average Bonchev–Trinajstić information content (AvgIpc) is 2.38. The van der Waals surface area contributed by atoms with Gasteiger partial charge < -0.3 is 5.11 Å². The van der Waals surface area contributed by atoms with Gasteiger partial charge in [0.15, 0.2) is 0 Å². The summed E-state index contributed by atoms with van der Waals surface area (Å²) in [5.41, 5.74) is 0.559. The average molecular weight is 267 g/mol. The van der Waals surface area contributed by atoms with E-state index in [1.54, 1.807) is 12.3 Å².